The second-order valence-corrected chi connectivity index (χ2v) is 6.33. The Morgan fingerprint density at radius 3 is 2.73 bits per heavy atom. The lowest BCUT2D eigenvalue weighted by molar-refractivity contribution is 0.693. The first-order valence-electron chi connectivity index (χ1n) is 8.12. The van der Waals surface area contributed by atoms with E-state index in [1.165, 1.54) is 0 Å². The monoisotopic (exact) mass is 362 g/mol. The zero-order valence-electron chi connectivity index (χ0n) is 13.8. The average molecular weight is 363 g/mol. The van der Waals surface area contributed by atoms with Crippen LogP contribution in [0.4, 0.5) is 0 Å². The number of rotatable bonds is 4. The van der Waals surface area contributed by atoms with Crippen molar-refractivity contribution in [2.75, 3.05) is 0 Å². The van der Waals surface area contributed by atoms with E-state index in [0.717, 1.165) is 11.1 Å². The maximum Gasteiger partial charge on any atom is 0.262 e. The molecular formula is C20H15ClN4O. The molecule has 0 unspecified atom stereocenters. The Bertz CT molecular complexity index is 1150. The molecule has 26 heavy (non-hydrogen) atoms. The van der Waals surface area contributed by atoms with Gasteiger partial charge in [0.25, 0.3) is 5.56 Å². The summed E-state index contributed by atoms with van der Waals surface area (Å²) in [7, 11) is 0. The van der Waals surface area contributed by atoms with E-state index in [9.17, 15) is 4.79 Å². The van der Waals surface area contributed by atoms with E-state index in [1.54, 1.807) is 17.0 Å². The summed E-state index contributed by atoms with van der Waals surface area (Å²) in [5, 5.41) is 5.56. The van der Waals surface area contributed by atoms with Gasteiger partial charge in [0, 0.05) is 11.2 Å². The summed E-state index contributed by atoms with van der Waals surface area (Å²) in [6, 6.07) is 17.4. The molecule has 1 N–H and O–H groups in total. The molecule has 2 aromatic heterocycles. The summed E-state index contributed by atoms with van der Waals surface area (Å²) in [6.07, 6.45) is 5.30. The van der Waals surface area contributed by atoms with Crippen molar-refractivity contribution in [2.24, 2.45) is 0 Å². The van der Waals surface area contributed by atoms with Gasteiger partial charge in [-0.25, -0.2) is 4.98 Å². The van der Waals surface area contributed by atoms with Gasteiger partial charge in [-0.1, -0.05) is 60.1 Å². The minimum absolute atomic E-state index is 0.208. The van der Waals surface area contributed by atoms with Crippen LogP contribution in [0.15, 0.2) is 65.6 Å². The van der Waals surface area contributed by atoms with Crippen LogP contribution in [0.25, 0.3) is 23.2 Å². The van der Waals surface area contributed by atoms with E-state index in [-0.39, 0.29) is 5.56 Å². The summed E-state index contributed by atoms with van der Waals surface area (Å²) in [6.45, 7) is 0.588. The Morgan fingerprint density at radius 1 is 1.08 bits per heavy atom. The third kappa shape index (κ3) is 3.58. The van der Waals surface area contributed by atoms with Crippen molar-refractivity contribution in [2.45, 2.75) is 6.54 Å². The average Bonchev–Trinajstić information content (AvgIpc) is 3.04. The quantitative estimate of drug-likeness (QED) is 0.597. The van der Waals surface area contributed by atoms with Gasteiger partial charge in [0.1, 0.15) is 11.2 Å². The van der Waals surface area contributed by atoms with E-state index in [2.05, 4.69) is 15.1 Å². The van der Waals surface area contributed by atoms with Crippen LogP contribution in [0.3, 0.4) is 0 Å². The molecule has 0 bridgehead atoms. The maximum atomic E-state index is 12.3. The molecule has 2 heterocycles. The molecule has 0 amide bonds. The van der Waals surface area contributed by atoms with E-state index in [4.69, 9.17) is 11.6 Å². The Labute approximate surface area is 154 Å². The number of benzene rings is 2. The topological polar surface area (TPSA) is 63.6 Å². The van der Waals surface area contributed by atoms with Crippen molar-refractivity contribution in [3.63, 3.8) is 0 Å². The maximum absolute atomic E-state index is 12.3. The van der Waals surface area contributed by atoms with Crippen LogP contribution in [-0.4, -0.2) is 19.7 Å². The Kier molecular flexibility index (Phi) is 4.37. The highest BCUT2D eigenvalue weighted by molar-refractivity contribution is 6.30. The van der Waals surface area contributed by atoms with Crippen LogP contribution in [0.2, 0.25) is 5.02 Å². The van der Waals surface area contributed by atoms with Gasteiger partial charge in [-0.15, -0.1) is 0 Å². The first-order chi connectivity index (χ1) is 12.7. The fourth-order valence-corrected chi connectivity index (χ4v) is 2.89. The standard InChI is InChI=1S/C20H15ClN4O/c21-16-8-4-7-14(11-16)9-10-18-22-19-17(20(26)23-18)13-25(24-19)12-15-5-2-1-3-6-15/h1-11,13H,12H2,(H,22,23,24,26)/b10-9+. The van der Waals surface area contributed by atoms with Crippen LogP contribution in [0, 0.1) is 0 Å². The third-order valence-corrected chi connectivity index (χ3v) is 4.16. The Hall–Kier alpha value is -3.18. The molecule has 0 radical (unpaired) electrons. The van der Waals surface area contributed by atoms with Crippen molar-refractivity contribution in [1.29, 1.82) is 0 Å². The van der Waals surface area contributed by atoms with Crippen LogP contribution in [-0.2, 0) is 6.54 Å². The number of aromatic nitrogens is 4. The summed E-state index contributed by atoms with van der Waals surface area (Å²) in [4.78, 5) is 19.5. The van der Waals surface area contributed by atoms with Gasteiger partial charge in [0.15, 0.2) is 5.65 Å². The SMILES string of the molecule is O=c1[nH]c(/C=C/c2cccc(Cl)c2)nc2nn(Cc3ccccc3)cc12. The van der Waals surface area contributed by atoms with Crippen LogP contribution >= 0.6 is 11.6 Å². The number of nitrogens with zero attached hydrogens (tertiary/aromatic N) is 3. The van der Waals surface area contributed by atoms with Gasteiger partial charge in [-0.2, -0.15) is 5.10 Å². The first kappa shape index (κ1) is 16.3. The van der Waals surface area contributed by atoms with Crippen LogP contribution in [0.5, 0.6) is 0 Å². The lowest BCUT2D eigenvalue weighted by Gasteiger charge is -1.99. The number of nitrogens with one attached hydrogen (secondary N) is 1. The molecule has 0 saturated carbocycles. The van der Waals surface area contributed by atoms with Gasteiger partial charge in [-0.3, -0.25) is 9.48 Å². The van der Waals surface area contributed by atoms with Crippen LogP contribution < -0.4 is 5.56 Å². The molecule has 2 aromatic carbocycles. The second-order valence-electron chi connectivity index (χ2n) is 5.89. The van der Waals surface area contributed by atoms with Gasteiger partial charge in [0.2, 0.25) is 0 Å². The summed E-state index contributed by atoms with van der Waals surface area (Å²) in [5.41, 5.74) is 2.25. The van der Waals surface area contributed by atoms with Crippen molar-refractivity contribution >= 4 is 34.8 Å². The fraction of sp³-hybridized carbons (Fsp3) is 0.0500. The number of fused-ring (bicyclic) bond motifs is 1. The van der Waals surface area contributed by atoms with E-state index >= 15 is 0 Å². The number of hydrogen-bond acceptors (Lipinski definition) is 3. The Morgan fingerprint density at radius 2 is 1.92 bits per heavy atom. The van der Waals surface area contributed by atoms with E-state index in [1.807, 2.05) is 60.7 Å². The molecule has 4 aromatic rings. The van der Waals surface area contributed by atoms with Gasteiger partial charge < -0.3 is 4.98 Å². The second kappa shape index (κ2) is 6.98. The normalized spacial score (nSPS) is 11.4. The molecule has 4 rings (SSSR count). The summed E-state index contributed by atoms with van der Waals surface area (Å²) >= 11 is 5.98. The zero-order valence-corrected chi connectivity index (χ0v) is 14.5. The van der Waals surface area contributed by atoms with Crippen molar-refractivity contribution < 1.29 is 0 Å². The molecule has 0 spiro atoms. The molecule has 0 atom stereocenters. The highest BCUT2D eigenvalue weighted by Crippen LogP contribution is 2.13. The Balaban J connectivity index is 1.64. The van der Waals surface area contributed by atoms with E-state index in [0.29, 0.717) is 28.4 Å². The number of aromatic amines is 1. The largest absolute Gasteiger partial charge is 0.306 e. The van der Waals surface area contributed by atoms with Gasteiger partial charge >= 0.3 is 0 Å². The minimum atomic E-state index is -0.208. The smallest absolute Gasteiger partial charge is 0.262 e. The lowest BCUT2D eigenvalue weighted by atomic mass is 10.2. The highest BCUT2D eigenvalue weighted by atomic mass is 35.5. The van der Waals surface area contributed by atoms with Crippen molar-refractivity contribution in [1.82, 2.24) is 19.7 Å². The summed E-state index contributed by atoms with van der Waals surface area (Å²) < 4.78 is 1.73. The molecule has 0 aliphatic heterocycles. The zero-order chi connectivity index (χ0) is 17.9. The third-order valence-electron chi connectivity index (χ3n) is 3.92. The number of H-pyrrole nitrogens is 1. The van der Waals surface area contributed by atoms with Gasteiger partial charge in [0.05, 0.1) is 6.54 Å². The molecule has 128 valence electrons. The predicted molar refractivity (Wildman–Crippen MR) is 104 cm³/mol. The lowest BCUT2D eigenvalue weighted by Crippen LogP contribution is -2.08. The van der Waals surface area contributed by atoms with Crippen molar-refractivity contribution in [3.05, 3.63) is 93.1 Å². The molecule has 6 heteroatoms. The molecular weight excluding hydrogens is 348 g/mol. The predicted octanol–water partition coefficient (Wildman–Crippen LogP) is 3.99. The van der Waals surface area contributed by atoms with Crippen LogP contribution in [0.1, 0.15) is 17.0 Å². The van der Waals surface area contributed by atoms with Gasteiger partial charge in [-0.05, 0) is 29.3 Å². The first-order valence-corrected chi connectivity index (χ1v) is 8.50. The minimum Gasteiger partial charge on any atom is -0.306 e. The van der Waals surface area contributed by atoms with Crippen molar-refractivity contribution in [3.8, 4) is 0 Å². The number of halogens is 1. The molecule has 5 nitrogen and oxygen atoms in total. The molecule has 0 aliphatic carbocycles. The molecule has 0 saturated heterocycles. The molecule has 0 aliphatic rings. The fourth-order valence-electron chi connectivity index (χ4n) is 2.70. The number of hydrogen-bond donors (Lipinski definition) is 1. The summed E-state index contributed by atoms with van der Waals surface area (Å²) in [5.74, 6) is 0.451. The van der Waals surface area contributed by atoms with E-state index < -0.39 is 0 Å². The highest BCUT2D eigenvalue weighted by Gasteiger charge is 2.08. The molecule has 0 fully saturated rings.